The van der Waals surface area contributed by atoms with E-state index in [0.29, 0.717) is 29.0 Å². The van der Waals surface area contributed by atoms with Crippen molar-refractivity contribution in [2.24, 2.45) is 0 Å². The van der Waals surface area contributed by atoms with Gasteiger partial charge < -0.3 is 24.2 Å². The summed E-state index contributed by atoms with van der Waals surface area (Å²) in [4.78, 5) is 32.7. The lowest BCUT2D eigenvalue weighted by Crippen LogP contribution is -2.33. The number of nitrogens with zero attached hydrogens (tertiary/aromatic N) is 3. The SMILES string of the molecule is CCN(CC)c1ccc(C2C(C(=O)c3cc4cc(Cl)ccc4o3)=C(O)C(=O)N2CCCN(C)C)cc1. The molecule has 2 aromatic carbocycles. The summed E-state index contributed by atoms with van der Waals surface area (Å²) in [7, 11) is 3.93. The molecule has 190 valence electrons. The lowest BCUT2D eigenvalue weighted by molar-refractivity contribution is -0.129. The Hall–Kier alpha value is -3.29. The van der Waals surface area contributed by atoms with Crippen LogP contribution in [0.15, 0.2) is 64.3 Å². The number of carbonyl (C=O) groups excluding carboxylic acids is 2. The highest BCUT2D eigenvalue weighted by molar-refractivity contribution is 6.31. The van der Waals surface area contributed by atoms with Crippen LogP contribution >= 0.6 is 11.6 Å². The number of halogens is 1. The van der Waals surface area contributed by atoms with Gasteiger partial charge in [0.2, 0.25) is 5.78 Å². The Morgan fingerprint density at radius 3 is 2.42 bits per heavy atom. The predicted octanol–water partition coefficient (Wildman–Crippen LogP) is 5.46. The van der Waals surface area contributed by atoms with E-state index in [-0.39, 0.29) is 11.3 Å². The molecule has 0 saturated carbocycles. The molecule has 1 unspecified atom stereocenters. The molecule has 1 atom stereocenters. The van der Waals surface area contributed by atoms with Crippen molar-refractivity contribution in [2.75, 3.05) is 45.2 Å². The molecule has 0 radical (unpaired) electrons. The average molecular weight is 510 g/mol. The normalized spacial score (nSPS) is 16.0. The number of carbonyl (C=O) groups is 2. The summed E-state index contributed by atoms with van der Waals surface area (Å²) >= 11 is 6.09. The molecular formula is C28H32ClN3O4. The zero-order chi connectivity index (χ0) is 26.0. The molecule has 1 aliphatic heterocycles. The van der Waals surface area contributed by atoms with E-state index in [1.54, 1.807) is 29.2 Å². The summed E-state index contributed by atoms with van der Waals surface area (Å²) in [5.41, 5.74) is 2.36. The van der Waals surface area contributed by atoms with Gasteiger partial charge in [-0.1, -0.05) is 23.7 Å². The minimum atomic E-state index is -0.713. The Morgan fingerprint density at radius 1 is 1.08 bits per heavy atom. The van der Waals surface area contributed by atoms with Gasteiger partial charge >= 0.3 is 0 Å². The number of aliphatic hydroxyl groups is 1. The monoisotopic (exact) mass is 509 g/mol. The first-order chi connectivity index (χ1) is 17.2. The number of benzene rings is 2. The third-order valence-corrected chi connectivity index (χ3v) is 6.83. The first-order valence-electron chi connectivity index (χ1n) is 12.2. The number of anilines is 1. The van der Waals surface area contributed by atoms with Gasteiger partial charge in [-0.25, -0.2) is 0 Å². The van der Waals surface area contributed by atoms with E-state index in [1.807, 2.05) is 43.3 Å². The summed E-state index contributed by atoms with van der Waals surface area (Å²) in [5.74, 6) is -1.53. The van der Waals surface area contributed by atoms with Crippen LogP contribution in [0.4, 0.5) is 5.69 Å². The Labute approximate surface area is 216 Å². The molecule has 0 fully saturated rings. The van der Waals surface area contributed by atoms with Gasteiger partial charge in [0.1, 0.15) is 5.58 Å². The molecule has 1 aromatic heterocycles. The molecule has 0 saturated heterocycles. The van der Waals surface area contributed by atoms with Crippen molar-refractivity contribution in [2.45, 2.75) is 26.3 Å². The molecule has 7 nitrogen and oxygen atoms in total. The Bertz CT molecular complexity index is 1290. The first kappa shape index (κ1) is 25.8. The van der Waals surface area contributed by atoms with Gasteiger partial charge in [-0.3, -0.25) is 9.59 Å². The number of hydrogen-bond donors (Lipinski definition) is 1. The van der Waals surface area contributed by atoms with Gasteiger partial charge in [0.15, 0.2) is 11.5 Å². The second kappa shape index (κ2) is 10.8. The van der Waals surface area contributed by atoms with Crippen molar-refractivity contribution in [3.8, 4) is 0 Å². The molecule has 0 spiro atoms. The molecule has 0 bridgehead atoms. The van der Waals surface area contributed by atoms with Crippen molar-refractivity contribution < 1.29 is 19.1 Å². The third kappa shape index (κ3) is 4.99. The summed E-state index contributed by atoms with van der Waals surface area (Å²) in [6.07, 6.45) is 0.699. The zero-order valence-corrected chi connectivity index (χ0v) is 21.9. The Morgan fingerprint density at radius 2 is 1.78 bits per heavy atom. The average Bonchev–Trinajstić information content (AvgIpc) is 3.39. The molecule has 1 amide bonds. The predicted molar refractivity (Wildman–Crippen MR) is 143 cm³/mol. The number of furan rings is 1. The van der Waals surface area contributed by atoms with Gasteiger partial charge in [0.25, 0.3) is 5.91 Å². The van der Waals surface area contributed by atoms with Crippen molar-refractivity contribution >= 4 is 39.9 Å². The van der Waals surface area contributed by atoms with Crippen LogP contribution in [0.5, 0.6) is 0 Å². The van der Waals surface area contributed by atoms with Gasteiger partial charge in [-0.15, -0.1) is 0 Å². The lowest BCUT2D eigenvalue weighted by atomic mass is 9.94. The molecule has 4 rings (SSSR count). The number of Topliss-reactive ketones (excluding diaryl/α,β-unsaturated/α-hetero) is 1. The van der Waals surface area contributed by atoms with Crippen LogP contribution in [0, 0.1) is 0 Å². The molecule has 1 N–H and O–H groups in total. The smallest absolute Gasteiger partial charge is 0.290 e. The molecule has 36 heavy (non-hydrogen) atoms. The van der Waals surface area contributed by atoms with Crippen LogP contribution in [-0.2, 0) is 4.79 Å². The Kier molecular flexibility index (Phi) is 7.71. The zero-order valence-electron chi connectivity index (χ0n) is 21.1. The minimum absolute atomic E-state index is 0.0330. The molecule has 3 aromatic rings. The highest BCUT2D eigenvalue weighted by atomic mass is 35.5. The third-order valence-electron chi connectivity index (χ3n) is 6.59. The van der Waals surface area contributed by atoms with Gasteiger partial charge in [0.05, 0.1) is 11.6 Å². The van der Waals surface area contributed by atoms with E-state index >= 15 is 0 Å². The number of rotatable bonds is 10. The van der Waals surface area contributed by atoms with Crippen LogP contribution < -0.4 is 4.90 Å². The van der Waals surface area contributed by atoms with Crippen molar-refractivity contribution in [1.29, 1.82) is 0 Å². The maximum atomic E-state index is 13.7. The Balaban J connectivity index is 1.74. The summed E-state index contributed by atoms with van der Waals surface area (Å²) in [6, 6.07) is 13.8. The quantitative estimate of drug-likeness (QED) is 0.365. The van der Waals surface area contributed by atoms with Crippen LogP contribution in [0.3, 0.4) is 0 Å². The summed E-state index contributed by atoms with van der Waals surface area (Å²) in [6.45, 7) is 7.10. The highest BCUT2D eigenvalue weighted by Gasteiger charge is 2.44. The van der Waals surface area contributed by atoms with Gasteiger partial charge in [-0.2, -0.15) is 0 Å². The second-order valence-corrected chi connectivity index (χ2v) is 9.64. The first-order valence-corrected chi connectivity index (χ1v) is 12.6. The van der Waals surface area contributed by atoms with Gasteiger partial charge in [-0.05, 0) is 82.9 Å². The van der Waals surface area contributed by atoms with Crippen molar-refractivity contribution in [3.05, 3.63) is 76.2 Å². The van der Waals surface area contributed by atoms with Crippen molar-refractivity contribution in [3.63, 3.8) is 0 Å². The fraction of sp³-hybridized carbons (Fsp3) is 0.357. The van der Waals surface area contributed by atoms with E-state index in [2.05, 4.69) is 18.7 Å². The van der Waals surface area contributed by atoms with E-state index in [0.717, 1.165) is 30.9 Å². The van der Waals surface area contributed by atoms with Crippen molar-refractivity contribution in [1.82, 2.24) is 9.80 Å². The molecule has 2 heterocycles. The van der Waals surface area contributed by atoms with E-state index in [9.17, 15) is 14.7 Å². The maximum absolute atomic E-state index is 13.7. The second-order valence-electron chi connectivity index (χ2n) is 9.21. The minimum Gasteiger partial charge on any atom is -0.503 e. The summed E-state index contributed by atoms with van der Waals surface area (Å²) < 4.78 is 5.80. The largest absolute Gasteiger partial charge is 0.503 e. The molecule has 0 aliphatic carbocycles. The van der Waals surface area contributed by atoms with Crippen LogP contribution in [-0.4, -0.2) is 66.9 Å². The van der Waals surface area contributed by atoms with E-state index in [4.69, 9.17) is 16.0 Å². The highest BCUT2D eigenvalue weighted by Crippen LogP contribution is 2.40. The molecular weight excluding hydrogens is 478 g/mol. The number of ketones is 1. The lowest BCUT2D eigenvalue weighted by Gasteiger charge is -2.28. The van der Waals surface area contributed by atoms with Gasteiger partial charge in [0, 0.05) is 35.7 Å². The van der Waals surface area contributed by atoms with Crippen LogP contribution in [0.1, 0.15) is 42.4 Å². The number of aliphatic hydroxyl groups excluding tert-OH is 1. The fourth-order valence-corrected chi connectivity index (χ4v) is 4.92. The molecule has 8 heteroatoms. The topological polar surface area (TPSA) is 77.2 Å². The van der Waals surface area contributed by atoms with Crippen LogP contribution in [0.2, 0.25) is 5.02 Å². The maximum Gasteiger partial charge on any atom is 0.290 e. The molecule has 1 aliphatic rings. The van der Waals surface area contributed by atoms with E-state index < -0.39 is 23.5 Å². The number of fused-ring (bicyclic) bond motifs is 1. The van der Waals surface area contributed by atoms with E-state index in [1.165, 1.54) is 0 Å². The summed E-state index contributed by atoms with van der Waals surface area (Å²) in [5, 5.41) is 12.1. The number of amides is 1. The standard InChI is InChI=1S/C28H32ClN3O4/c1-5-31(6-2)21-11-8-18(9-12-21)25-24(27(34)28(35)32(25)15-7-14-30(3)4)26(33)23-17-19-16-20(29)10-13-22(19)36-23/h8-13,16-17,25,34H,5-7,14-15H2,1-4H3. The number of hydrogen-bond acceptors (Lipinski definition) is 6. The fourth-order valence-electron chi connectivity index (χ4n) is 4.74. The van der Waals surface area contributed by atoms with Crippen LogP contribution in [0.25, 0.3) is 11.0 Å².